The van der Waals surface area contributed by atoms with E-state index in [-0.39, 0.29) is 12.5 Å². The van der Waals surface area contributed by atoms with Crippen LogP contribution < -0.4 is 19.3 Å². The summed E-state index contributed by atoms with van der Waals surface area (Å²) in [7, 11) is 5.57. The Morgan fingerprint density at radius 2 is 1.58 bits per heavy atom. The zero-order valence-corrected chi connectivity index (χ0v) is 17.9. The molecule has 158 valence electrons. The van der Waals surface area contributed by atoms with E-state index in [4.69, 9.17) is 9.47 Å². The number of rotatable bonds is 8. The average molecular weight is 415 g/mol. The van der Waals surface area contributed by atoms with Crippen LogP contribution in [0.15, 0.2) is 72.8 Å². The van der Waals surface area contributed by atoms with Crippen molar-refractivity contribution >= 4 is 17.3 Å². The minimum Gasteiger partial charge on any atom is -0.497 e. The minimum atomic E-state index is -0.213. The lowest BCUT2D eigenvalue weighted by Gasteiger charge is -2.24. The fourth-order valence-corrected chi connectivity index (χ4v) is 3.07. The fraction of sp³-hybridized carbons (Fsp3) is 0.200. The lowest BCUT2D eigenvalue weighted by atomic mass is 10.1. The Labute approximate surface area is 182 Å². The van der Waals surface area contributed by atoms with Gasteiger partial charge in [-0.05, 0) is 54.1 Å². The van der Waals surface area contributed by atoms with E-state index in [0.29, 0.717) is 23.6 Å². The van der Waals surface area contributed by atoms with Gasteiger partial charge in [0.05, 0.1) is 19.2 Å². The van der Waals surface area contributed by atoms with Crippen LogP contribution in [0, 0.1) is 11.3 Å². The summed E-state index contributed by atoms with van der Waals surface area (Å²) in [6.07, 6.45) is 0. The highest BCUT2D eigenvalue weighted by atomic mass is 16.5. The molecule has 3 aromatic rings. The van der Waals surface area contributed by atoms with Crippen molar-refractivity contribution in [2.45, 2.75) is 6.54 Å². The first-order chi connectivity index (χ1) is 15.0. The third-order valence-electron chi connectivity index (χ3n) is 4.84. The Morgan fingerprint density at radius 3 is 2.19 bits per heavy atom. The van der Waals surface area contributed by atoms with Gasteiger partial charge in [0.25, 0.3) is 5.91 Å². The highest BCUT2D eigenvalue weighted by Gasteiger charge is 2.18. The van der Waals surface area contributed by atoms with Crippen LogP contribution in [-0.4, -0.2) is 33.7 Å². The molecule has 0 aromatic heterocycles. The number of methoxy groups -OCH3 is 1. The summed E-state index contributed by atoms with van der Waals surface area (Å²) in [5, 5.41) is 9.24. The van der Waals surface area contributed by atoms with Gasteiger partial charge in [-0.2, -0.15) is 5.26 Å². The molecular weight excluding hydrogens is 390 g/mol. The van der Waals surface area contributed by atoms with Crippen molar-refractivity contribution in [3.8, 4) is 17.6 Å². The van der Waals surface area contributed by atoms with Gasteiger partial charge in [0.2, 0.25) is 0 Å². The largest absolute Gasteiger partial charge is 0.497 e. The molecule has 0 fully saturated rings. The number of anilines is 2. The number of ether oxygens (including phenoxy) is 2. The highest BCUT2D eigenvalue weighted by molar-refractivity contribution is 5.94. The summed E-state index contributed by atoms with van der Waals surface area (Å²) >= 11 is 0. The zero-order chi connectivity index (χ0) is 22.2. The molecule has 0 aliphatic carbocycles. The molecule has 0 spiro atoms. The van der Waals surface area contributed by atoms with E-state index in [9.17, 15) is 10.1 Å². The molecule has 0 saturated heterocycles. The molecule has 31 heavy (non-hydrogen) atoms. The lowest BCUT2D eigenvalue weighted by molar-refractivity contribution is -0.120. The standard InChI is InChI=1S/C25H25N3O3/c1-27(2)21-10-8-19(9-11-21)17-28(22-12-14-23(30-3)15-13-22)25(29)18-31-24-7-5-4-6-20(24)16-26/h4-15H,17-18H2,1-3H3. The van der Waals surface area contributed by atoms with Crippen molar-refractivity contribution in [1.82, 2.24) is 0 Å². The first kappa shape index (κ1) is 21.7. The quantitative estimate of drug-likeness (QED) is 0.550. The molecule has 0 unspecified atom stereocenters. The molecular formula is C25H25N3O3. The van der Waals surface area contributed by atoms with Crippen LogP contribution in [0.2, 0.25) is 0 Å². The Morgan fingerprint density at radius 1 is 0.935 bits per heavy atom. The Kier molecular flexibility index (Phi) is 7.13. The second kappa shape index (κ2) is 10.2. The number of nitriles is 1. The molecule has 0 atom stereocenters. The number of nitrogens with zero attached hydrogens (tertiary/aromatic N) is 3. The maximum Gasteiger partial charge on any atom is 0.265 e. The van der Waals surface area contributed by atoms with Crippen LogP contribution in [0.5, 0.6) is 11.5 Å². The van der Waals surface area contributed by atoms with Gasteiger partial charge in [0.15, 0.2) is 6.61 Å². The van der Waals surface area contributed by atoms with Crippen molar-refractivity contribution in [2.24, 2.45) is 0 Å². The van der Waals surface area contributed by atoms with Gasteiger partial charge in [0, 0.05) is 25.5 Å². The van der Waals surface area contributed by atoms with E-state index in [2.05, 4.69) is 6.07 Å². The monoisotopic (exact) mass is 415 g/mol. The third-order valence-corrected chi connectivity index (χ3v) is 4.84. The molecule has 0 radical (unpaired) electrons. The number of benzene rings is 3. The fourth-order valence-electron chi connectivity index (χ4n) is 3.07. The summed E-state index contributed by atoms with van der Waals surface area (Å²) in [4.78, 5) is 16.8. The SMILES string of the molecule is COc1ccc(N(Cc2ccc(N(C)C)cc2)C(=O)COc2ccccc2C#N)cc1. The van der Waals surface area contributed by atoms with Crippen LogP contribution in [0.3, 0.4) is 0 Å². The number of carbonyl (C=O) groups excluding carboxylic acids is 1. The number of para-hydroxylation sites is 1. The van der Waals surface area contributed by atoms with Crippen molar-refractivity contribution in [3.63, 3.8) is 0 Å². The Balaban J connectivity index is 1.82. The minimum absolute atomic E-state index is 0.180. The molecule has 6 heteroatoms. The topological polar surface area (TPSA) is 65.8 Å². The molecule has 0 aliphatic heterocycles. The normalized spacial score (nSPS) is 10.1. The summed E-state index contributed by atoms with van der Waals surface area (Å²) < 4.78 is 10.9. The highest BCUT2D eigenvalue weighted by Crippen LogP contribution is 2.23. The lowest BCUT2D eigenvalue weighted by Crippen LogP contribution is -2.34. The van der Waals surface area contributed by atoms with E-state index >= 15 is 0 Å². The first-order valence-electron chi connectivity index (χ1n) is 9.84. The Bertz CT molecular complexity index is 1050. The van der Waals surface area contributed by atoms with Crippen molar-refractivity contribution in [2.75, 3.05) is 37.6 Å². The van der Waals surface area contributed by atoms with Crippen molar-refractivity contribution in [3.05, 3.63) is 83.9 Å². The molecule has 3 rings (SSSR count). The van der Waals surface area contributed by atoms with E-state index in [1.165, 1.54) is 0 Å². The van der Waals surface area contributed by atoms with Gasteiger partial charge in [-0.3, -0.25) is 4.79 Å². The molecule has 3 aromatic carbocycles. The summed E-state index contributed by atoms with van der Waals surface area (Å²) in [5.41, 5.74) is 3.21. The average Bonchev–Trinajstić information content (AvgIpc) is 2.81. The van der Waals surface area contributed by atoms with E-state index < -0.39 is 0 Å². The summed E-state index contributed by atoms with van der Waals surface area (Å²) in [5.74, 6) is 0.892. The van der Waals surface area contributed by atoms with Crippen LogP contribution in [0.25, 0.3) is 0 Å². The van der Waals surface area contributed by atoms with E-state index in [1.54, 1.807) is 36.3 Å². The molecule has 0 aliphatic rings. The van der Waals surface area contributed by atoms with E-state index in [0.717, 1.165) is 16.9 Å². The number of carbonyl (C=O) groups is 1. The number of hydrogen-bond donors (Lipinski definition) is 0. The zero-order valence-electron chi connectivity index (χ0n) is 17.9. The van der Waals surface area contributed by atoms with Crippen LogP contribution in [-0.2, 0) is 11.3 Å². The maximum absolute atomic E-state index is 13.1. The van der Waals surface area contributed by atoms with Gasteiger partial charge in [0.1, 0.15) is 17.6 Å². The first-order valence-corrected chi connectivity index (χ1v) is 9.84. The Hall–Kier alpha value is -3.98. The molecule has 6 nitrogen and oxygen atoms in total. The predicted molar refractivity (Wildman–Crippen MR) is 122 cm³/mol. The second-order valence-electron chi connectivity index (χ2n) is 7.14. The van der Waals surface area contributed by atoms with Crippen LogP contribution in [0.1, 0.15) is 11.1 Å². The molecule has 1 amide bonds. The van der Waals surface area contributed by atoms with Gasteiger partial charge in [-0.25, -0.2) is 0 Å². The van der Waals surface area contributed by atoms with Crippen LogP contribution in [0.4, 0.5) is 11.4 Å². The smallest absolute Gasteiger partial charge is 0.265 e. The van der Waals surface area contributed by atoms with Gasteiger partial charge in [-0.1, -0.05) is 24.3 Å². The van der Waals surface area contributed by atoms with Crippen molar-refractivity contribution < 1.29 is 14.3 Å². The van der Waals surface area contributed by atoms with Gasteiger partial charge in [-0.15, -0.1) is 0 Å². The third kappa shape index (κ3) is 5.55. The second-order valence-corrected chi connectivity index (χ2v) is 7.14. The van der Waals surface area contributed by atoms with Gasteiger partial charge >= 0.3 is 0 Å². The molecule has 0 bridgehead atoms. The molecule has 0 saturated carbocycles. The van der Waals surface area contributed by atoms with Crippen molar-refractivity contribution in [1.29, 1.82) is 5.26 Å². The molecule has 0 heterocycles. The van der Waals surface area contributed by atoms with Crippen LogP contribution >= 0.6 is 0 Å². The van der Waals surface area contributed by atoms with Gasteiger partial charge < -0.3 is 19.3 Å². The molecule has 0 N–H and O–H groups in total. The maximum atomic E-state index is 13.1. The summed E-state index contributed by atoms with van der Waals surface area (Å²) in [6.45, 7) is 0.211. The predicted octanol–water partition coefficient (Wildman–Crippen LogP) is 4.25. The summed E-state index contributed by atoms with van der Waals surface area (Å²) in [6, 6.07) is 24.3. The van der Waals surface area contributed by atoms with E-state index in [1.807, 2.05) is 67.5 Å². The number of hydrogen-bond acceptors (Lipinski definition) is 5. The number of amides is 1.